The third-order valence-corrected chi connectivity index (χ3v) is 4.58. The number of carbonyl (C=O) groups excluding carboxylic acids is 2. The molecule has 0 bridgehead atoms. The molecule has 0 atom stereocenters. The Morgan fingerprint density at radius 3 is 2.58 bits per heavy atom. The molecule has 2 N–H and O–H groups in total. The number of aromatic nitrogens is 3. The second-order valence-electron chi connectivity index (χ2n) is 5.67. The van der Waals surface area contributed by atoms with E-state index in [9.17, 15) is 9.59 Å². The van der Waals surface area contributed by atoms with E-state index in [2.05, 4.69) is 20.7 Å². The Morgan fingerprint density at radius 1 is 1.08 bits per heavy atom. The summed E-state index contributed by atoms with van der Waals surface area (Å²) in [6, 6.07) is 11.5. The summed E-state index contributed by atoms with van der Waals surface area (Å²) in [5.41, 5.74) is 2.13. The molecule has 0 saturated heterocycles. The van der Waals surface area contributed by atoms with Crippen molar-refractivity contribution in [3.8, 4) is 0 Å². The van der Waals surface area contributed by atoms with E-state index in [1.54, 1.807) is 17.1 Å². The Hall–Kier alpha value is -3.00. The summed E-state index contributed by atoms with van der Waals surface area (Å²) in [5.74, 6) is -0.237. The van der Waals surface area contributed by atoms with E-state index in [1.807, 2.05) is 35.7 Å². The molecule has 0 spiro atoms. The Bertz CT molecular complexity index is 829. The van der Waals surface area contributed by atoms with Crippen LogP contribution in [0.1, 0.15) is 27.2 Å². The number of nitrogens with zero attached hydrogens (tertiary/aromatic N) is 3. The van der Waals surface area contributed by atoms with Gasteiger partial charge in [-0.25, -0.2) is 9.67 Å². The molecule has 26 heavy (non-hydrogen) atoms. The maximum absolute atomic E-state index is 11.9. The summed E-state index contributed by atoms with van der Waals surface area (Å²) in [7, 11) is 0. The molecule has 0 saturated carbocycles. The van der Waals surface area contributed by atoms with Crippen molar-refractivity contribution in [1.82, 2.24) is 25.4 Å². The van der Waals surface area contributed by atoms with Crippen molar-refractivity contribution in [1.29, 1.82) is 0 Å². The van der Waals surface area contributed by atoms with Crippen LogP contribution in [0.4, 0.5) is 0 Å². The molecule has 0 radical (unpaired) electrons. The molecule has 0 fully saturated rings. The molecule has 8 heteroatoms. The van der Waals surface area contributed by atoms with Gasteiger partial charge in [0.2, 0.25) is 5.91 Å². The number of amides is 2. The highest BCUT2D eigenvalue weighted by Crippen LogP contribution is 2.08. The lowest BCUT2D eigenvalue weighted by Crippen LogP contribution is -2.30. The number of benzene rings is 1. The predicted octanol–water partition coefficient (Wildman–Crippen LogP) is 1.82. The van der Waals surface area contributed by atoms with Gasteiger partial charge in [0, 0.05) is 19.5 Å². The van der Waals surface area contributed by atoms with Crippen LogP contribution in [0.5, 0.6) is 0 Å². The highest BCUT2D eigenvalue weighted by atomic mass is 32.1. The fourth-order valence-corrected chi connectivity index (χ4v) is 2.98. The second-order valence-corrected chi connectivity index (χ2v) is 6.62. The zero-order valence-corrected chi connectivity index (χ0v) is 14.9. The van der Waals surface area contributed by atoms with Crippen molar-refractivity contribution < 1.29 is 9.59 Å². The Labute approximate surface area is 155 Å². The van der Waals surface area contributed by atoms with Gasteiger partial charge in [-0.2, -0.15) is 5.10 Å². The van der Waals surface area contributed by atoms with Gasteiger partial charge in [0.15, 0.2) is 0 Å². The standard InChI is InChI=1S/C18H19N5O2S/c24-17(7-8-20-18(25)16-2-1-9-26-16)21-10-14-3-5-15(6-4-14)11-23-13-19-12-22-23/h1-6,9,12-13H,7-8,10-11H2,(H,20,25)(H,21,24). The third-order valence-electron chi connectivity index (χ3n) is 3.71. The number of rotatable bonds is 8. The highest BCUT2D eigenvalue weighted by Gasteiger charge is 2.07. The van der Waals surface area contributed by atoms with Gasteiger partial charge in [0.25, 0.3) is 5.91 Å². The van der Waals surface area contributed by atoms with Gasteiger partial charge >= 0.3 is 0 Å². The first kappa shape index (κ1) is 17.8. The molecule has 0 unspecified atom stereocenters. The van der Waals surface area contributed by atoms with Crippen LogP contribution in [0.3, 0.4) is 0 Å². The molecular formula is C18H19N5O2S. The minimum absolute atomic E-state index is 0.0943. The molecule has 3 aromatic rings. The molecule has 7 nitrogen and oxygen atoms in total. The minimum Gasteiger partial charge on any atom is -0.352 e. The lowest BCUT2D eigenvalue weighted by atomic mass is 10.1. The quantitative estimate of drug-likeness (QED) is 0.634. The van der Waals surface area contributed by atoms with Crippen LogP contribution in [0, 0.1) is 0 Å². The Balaban J connectivity index is 1.36. The predicted molar refractivity (Wildman–Crippen MR) is 98.7 cm³/mol. The number of nitrogens with one attached hydrogen (secondary N) is 2. The van der Waals surface area contributed by atoms with Gasteiger partial charge in [-0.3, -0.25) is 9.59 Å². The third kappa shape index (κ3) is 5.25. The number of hydrogen-bond acceptors (Lipinski definition) is 5. The van der Waals surface area contributed by atoms with Crippen LogP contribution in [-0.2, 0) is 17.9 Å². The summed E-state index contributed by atoms with van der Waals surface area (Å²) >= 11 is 1.38. The van der Waals surface area contributed by atoms with Crippen LogP contribution >= 0.6 is 11.3 Å². The van der Waals surface area contributed by atoms with Crippen LogP contribution in [0.2, 0.25) is 0 Å². The maximum atomic E-state index is 11.9. The Morgan fingerprint density at radius 2 is 1.88 bits per heavy atom. The van der Waals surface area contributed by atoms with Crippen molar-refractivity contribution in [3.05, 3.63) is 70.4 Å². The van der Waals surface area contributed by atoms with Gasteiger partial charge < -0.3 is 10.6 Å². The molecule has 2 heterocycles. The van der Waals surface area contributed by atoms with Gasteiger partial charge in [0.1, 0.15) is 12.7 Å². The summed E-state index contributed by atoms with van der Waals surface area (Å²) in [4.78, 5) is 28.2. The molecule has 3 rings (SSSR count). The van der Waals surface area contributed by atoms with E-state index < -0.39 is 0 Å². The van der Waals surface area contributed by atoms with Crippen LogP contribution in [0.25, 0.3) is 0 Å². The van der Waals surface area contributed by atoms with Crippen molar-refractivity contribution in [2.24, 2.45) is 0 Å². The largest absolute Gasteiger partial charge is 0.352 e. The van der Waals surface area contributed by atoms with Crippen molar-refractivity contribution in [2.45, 2.75) is 19.5 Å². The molecule has 0 aliphatic heterocycles. The van der Waals surface area contributed by atoms with Crippen molar-refractivity contribution in [2.75, 3.05) is 6.54 Å². The average Bonchev–Trinajstić information content (AvgIpc) is 3.35. The summed E-state index contributed by atoms with van der Waals surface area (Å²) < 4.78 is 1.75. The van der Waals surface area contributed by atoms with Crippen molar-refractivity contribution >= 4 is 23.2 Å². The molecule has 134 valence electrons. The van der Waals surface area contributed by atoms with Crippen LogP contribution in [0.15, 0.2) is 54.4 Å². The summed E-state index contributed by atoms with van der Waals surface area (Å²) in [5, 5.41) is 11.5. The Kier molecular flexibility index (Phi) is 6.10. The lowest BCUT2D eigenvalue weighted by molar-refractivity contribution is -0.121. The van der Waals surface area contributed by atoms with E-state index in [0.717, 1.165) is 11.1 Å². The van der Waals surface area contributed by atoms with E-state index in [1.165, 1.54) is 17.7 Å². The first-order valence-electron chi connectivity index (χ1n) is 8.19. The van der Waals surface area contributed by atoms with Gasteiger partial charge in [-0.05, 0) is 22.6 Å². The summed E-state index contributed by atoms with van der Waals surface area (Å²) in [6.07, 6.45) is 3.43. The van der Waals surface area contributed by atoms with E-state index in [-0.39, 0.29) is 18.2 Å². The topological polar surface area (TPSA) is 88.9 Å². The number of thiophene rings is 1. The molecule has 0 aliphatic carbocycles. The molecule has 2 aromatic heterocycles. The smallest absolute Gasteiger partial charge is 0.261 e. The van der Waals surface area contributed by atoms with Gasteiger partial charge in [0.05, 0.1) is 11.4 Å². The second kappa shape index (κ2) is 8.91. The van der Waals surface area contributed by atoms with Gasteiger partial charge in [-0.1, -0.05) is 30.3 Å². The number of carbonyl (C=O) groups is 2. The molecular weight excluding hydrogens is 350 g/mol. The molecule has 1 aromatic carbocycles. The zero-order valence-electron chi connectivity index (χ0n) is 14.1. The van der Waals surface area contributed by atoms with Crippen LogP contribution < -0.4 is 10.6 Å². The highest BCUT2D eigenvalue weighted by molar-refractivity contribution is 7.12. The van der Waals surface area contributed by atoms with Gasteiger partial charge in [-0.15, -0.1) is 11.3 Å². The molecule has 2 amide bonds. The first-order valence-corrected chi connectivity index (χ1v) is 9.07. The SMILES string of the molecule is O=C(CCNC(=O)c1cccs1)NCc1ccc(Cn2cncn2)cc1. The normalized spacial score (nSPS) is 10.5. The fraction of sp³-hybridized carbons (Fsp3) is 0.222. The average molecular weight is 369 g/mol. The van der Waals surface area contributed by atoms with Crippen molar-refractivity contribution in [3.63, 3.8) is 0 Å². The summed E-state index contributed by atoms with van der Waals surface area (Å²) in [6.45, 7) is 1.44. The van der Waals surface area contributed by atoms with E-state index in [0.29, 0.717) is 24.5 Å². The lowest BCUT2D eigenvalue weighted by Gasteiger charge is -2.07. The minimum atomic E-state index is -0.143. The van der Waals surface area contributed by atoms with E-state index >= 15 is 0 Å². The first-order chi connectivity index (χ1) is 12.7. The fourth-order valence-electron chi connectivity index (χ4n) is 2.34. The van der Waals surface area contributed by atoms with E-state index in [4.69, 9.17) is 0 Å². The molecule has 0 aliphatic rings. The monoisotopic (exact) mass is 369 g/mol. The number of hydrogen-bond donors (Lipinski definition) is 2. The maximum Gasteiger partial charge on any atom is 0.261 e. The van der Waals surface area contributed by atoms with Crippen LogP contribution in [-0.4, -0.2) is 33.1 Å². The zero-order chi connectivity index (χ0) is 18.2.